The molecule has 2 rings (SSSR count). The minimum atomic E-state index is -0.927. The molecule has 0 saturated carbocycles. The van der Waals surface area contributed by atoms with E-state index in [9.17, 15) is 30.3 Å². The normalized spacial score (nSPS) is 10.7. The second kappa shape index (κ2) is 4.26. The third-order valence-corrected chi connectivity index (χ3v) is 3.13. The summed E-state index contributed by atoms with van der Waals surface area (Å²) in [5.41, 5.74) is -1.29. The molecule has 0 aliphatic heterocycles. The average Bonchev–Trinajstić information content (AvgIpc) is 2.60. The summed E-state index contributed by atoms with van der Waals surface area (Å²) in [6.45, 7) is 1.47. The van der Waals surface area contributed by atoms with Crippen LogP contribution in [0, 0.1) is 37.3 Å². The molecule has 0 unspecified atom stereocenters. The maximum absolute atomic E-state index is 11.0. The number of rotatable bonds is 3. The summed E-state index contributed by atoms with van der Waals surface area (Å²) in [5, 5.41) is 32.8. The van der Waals surface area contributed by atoms with Gasteiger partial charge in [-0.05, 0) is 6.92 Å². The lowest BCUT2D eigenvalue weighted by Gasteiger charge is -1.98. The van der Waals surface area contributed by atoms with Crippen molar-refractivity contribution in [1.82, 2.24) is 4.57 Å². The maximum Gasteiger partial charge on any atom is 0.348 e. The van der Waals surface area contributed by atoms with Crippen molar-refractivity contribution in [1.29, 1.82) is 0 Å². The lowest BCUT2D eigenvalue weighted by atomic mass is 10.2. The lowest BCUT2D eigenvalue weighted by molar-refractivity contribution is -0.422. The van der Waals surface area contributed by atoms with Gasteiger partial charge in [-0.1, -0.05) is 0 Å². The summed E-state index contributed by atoms with van der Waals surface area (Å²) in [7, 11) is 1.50. The molecule has 2 aromatic rings. The van der Waals surface area contributed by atoms with Crippen LogP contribution in [0.15, 0.2) is 12.1 Å². The molecule has 0 N–H and O–H groups in total. The van der Waals surface area contributed by atoms with Crippen molar-refractivity contribution in [2.75, 3.05) is 0 Å². The fourth-order valence-electron chi connectivity index (χ4n) is 2.09. The van der Waals surface area contributed by atoms with Crippen LogP contribution in [-0.2, 0) is 7.05 Å². The molecule has 0 amide bonds. The summed E-state index contributed by atoms with van der Waals surface area (Å²) >= 11 is 0. The first-order valence-corrected chi connectivity index (χ1v) is 5.32. The zero-order valence-electron chi connectivity index (χ0n) is 10.4. The zero-order chi connectivity index (χ0) is 15.2. The quantitative estimate of drug-likeness (QED) is 0.624. The number of nitrogens with zero attached hydrogens (tertiary/aromatic N) is 4. The zero-order valence-corrected chi connectivity index (χ0v) is 10.4. The van der Waals surface area contributed by atoms with Gasteiger partial charge in [0.05, 0.1) is 31.4 Å². The molecule has 10 heteroatoms. The van der Waals surface area contributed by atoms with E-state index in [1.807, 2.05) is 0 Å². The highest BCUT2D eigenvalue weighted by atomic mass is 16.6. The third kappa shape index (κ3) is 1.74. The number of aryl methyl sites for hydroxylation is 1. The number of hydrogen-bond donors (Lipinski definition) is 0. The van der Waals surface area contributed by atoms with Crippen LogP contribution in [0.5, 0.6) is 0 Å². The van der Waals surface area contributed by atoms with Gasteiger partial charge in [-0.25, -0.2) is 0 Å². The van der Waals surface area contributed by atoms with Gasteiger partial charge in [0.1, 0.15) is 0 Å². The highest BCUT2D eigenvalue weighted by Crippen LogP contribution is 2.38. The van der Waals surface area contributed by atoms with Crippen molar-refractivity contribution in [3.8, 4) is 0 Å². The molecule has 0 atom stereocenters. The van der Waals surface area contributed by atoms with E-state index in [4.69, 9.17) is 0 Å². The minimum absolute atomic E-state index is 0.00676. The Labute approximate surface area is 110 Å². The molecule has 1 heterocycles. The van der Waals surface area contributed by atoms with E-state index in [-0.39, 0.29) is 22.3 Å². The maximum atomic E-state index is 11.0. The smallest absolute Gasteiger partial charge is 0.342 e. The van der Waals surface area contributed by atoms with Crippen molar-refractivity contribution in [2.45, 2.75) is 6.92 Å². The molecular weight excluding hydrogens is 272 g/mol. The number of benzene rings is 1. The first-order valence-electron chi connectivity index (χ1n) is 5.32. The van der Waals surface area contributed by atoms with Crippen LogP contribution >= 0.6 is 0 Å². The molecule has 104 valence electrons. The fraction of sp³-hybridized carbons (Fsp3) is 0.200. The second-order valence-corrected chi connectivity index (χ2v) is 4.12. The van der Waals surface area contributed by atoms with Gasteiger partial charge >= 0.3 is 11.4 Å². The first kappa shape index (κ1) is 13.4. The molecule has 1 aromatic heterocycles. The molecule has 10 nitrogen and oxygen atoms in total. The standard InChI is InChI=1S/C10H8N4O6/c1-5-10(14(19)20)6-3-8(12(15)16)9(13(17)18)4-7(6)11(5)2/h3-4H,1-2H3. The van der Waals surface area contributed by atoms with E-state index in [0.717, 1.165) is 12.1 Å². The molecule has 0 saturated heterocycles. The molecule has 0 aliphatic rings. The molecule has 0 bridgehead atoms. The van der Waals surface area contributed by atoms with Crippen LogP contribution in [0.25, 0.3) is 10.9 Å². The summed E-state index contributed by atoms with van der Waals surface area (Å²) < 4.78 is 1.39. The van der Waals surface area contributed by atoms with E-state index in [2.05, 4.69) is 0 Å². The topological polar surface area (TPSA) is 134 Å². The van der Waals surface area contributed by atoms with Gasteiger partial charge in [0.15, 0.2) is 0 Å². The molecular formula is C10H8N4O6. The predicted octanol–water partition coefficient (Wildman–Crippen LogP) is 2.21. The van der Waals surface area contributed by atoms with Crippen LogP contribution in [-0.4, -0.2) is 19.3 Å². The summed E-state index contributed by atoms with van der Waals surface area (Å²) in [6, 6.07) is 1.85. The van der Waals surface area contributed by atoms with Crippen molar-refractivity contribution in [3.63, 3.8) is 0 Å². The van der Waals surface area contributed by atoms with Crippen molar-refractivity contribution >= 4 is 28.0 Å². The molecule has 20 heavy (non-hydrogen) atoms. The minimum Gasteiger partial charge on any atom is -0.342 e. The van der Waals surface area contributed by atoms with Crippen molar-refractivity contribution in [2.24, 2.45) is 7.05 Å². The Kier molecular flexibility index (Phi) is 2.85. The molecule has 0 fully saturated rings. The van der Waals surface area contributed by atoms with E-state index in [1.165, 1.54) is 18.5 Å². The van der Waals surface area contributed by atoms with E-state index >= 15 is 0 Å². The lowest BCUT2D eigenvalue weighted by Crippen LogP contribution is -1.97. The largest absolute Gasteiger partial charge is 0.348 e. The summed E-state index contributed by atoms with van der Waals surface area (Å²) in [5.74, 6) is 0. The Morgan fingerprint density at radius 2 is 1.45 bits per heavy atom. The summed E-state index contributed by atoms with van der Waals surface area (Å²) in [6.07, 6.45) is 0. The fourth-order valence-corrected chi connectivity index (χ4v) is 2.09. The first-order chi connectivity index (χ1) is 9.25. The Bertz CT molecular complexity index is 778. The predicted molar refractivity (Wildman–Crippen MR) is 67.6 cm³/mol. The van der Waals surface area contributed by atoms with E-state index in [0.29, 0.717) is 0 Å². The summed E-state index contributed by atoms with van der Waals surface area (Å²) in [4.78, 5) is 30.3. The number of nitro benzene ring substituents is 2. The highest BCUT2D eigenvalue weighted by Gasteiger charge is 2.31. The Balaban J connectivity index is 2.99. The highest BCUT2D eigenvalue weighted by molar-refractivity contribution is 5.95. The number of hydrogen-bond acceptors (Lipinski definition) is 6. The molecule has 0 radical (unpaired) electrons. The van der Waals surface area contributed by atoms with Gasteiger partial charge in [0, 0.05) is 19.2 Å². The van der Waals surface area contributed by atoms with Crippen LogP contribution in [0.2, 0.25) is 0 Å². The van der Waals surface area contributed by atoms with Crippen LogP contribution in [0.3, 0.4) is 0 Å². The molecule has 1 aromatic carbocycles. The van der Waals surface area contributed by atoms with Crippen LogP contribution in [0.1, 0.15) is 5.69 Å². The second-order valence-electron chi connectivity index (χ2n) is 4.12. The van der Waals surface area contributed by atoms with Gasteiger partial charge < -0.3 is 4.57 Å². The van der Waals surface area contributed by atoms with Crippen LogP contribution in [0.4, 0.5) is 17.1 Å². The Hall–Kier alpha value is -3.04. The number of fused-ring (bicyclic) bond motifs is 1. The SMILES string of the molecule is Cc1c([N+](=O)[O-])c2cc([N+](=O)[O-])c([N+](=O)[O-])cc2n1C. The Morgan fingerprint density at radius 1 is 0.950 bits per heavy atom. The van der Waals surface area contributed by atoms with Gasteiger partial charge in [0.2, 0.25) is 0 Å². The van der Waals surface area contributed by atoms with Crippen molar-refractivity contribution < 1.29 is 14.8 Å². The van der Waals surface area contributed by atoms with Gasteiger partial charge in [0.25, 0.3) is 5.69 Å². The van der Waals surface area contributed by atoms with Crippen LogP contribution < -0.4 is 0 Å². The van der Waals surface area contributed by atoms with E-state index < -0.39 is 26.1 Å². The van der Waals surface area contributed by atoms with Gasteiger partial charge in [-0.3, -0.25) is 30.3 Å². The molecule has 0 spiro atoms. The van der Waals surface area contributed by atoms with E-state index in [1.54, 1.807) is 0 Å². The number of aromatic nitrogens is 1. The van der Waals surface area contributed by atoms with Gasteiger partial charge in [-0.15, -0.1) is 0 Å². The monoisotopic (exact) mass is 280 g/mol. The third-order valence-electron chi connectivity index (χ3n) is 3.13. The molecule has 0 aliphatic carbocycles. The average molecular weight is 280 g/mol. The van der Waals surface area contributed by atoms with Crippen molar-refractivity contribution in [3.05, 3.63) is 48.2 Å². The Morgan fingerprint density at radius 3 is 1.90 bits per heavy atom. The van der Waals surface area contributed by atoms with Gasteiger partial charge in [-0.2, -0.15) is 0 Å². The number of nitro groups is 3.